The first kappa shape index (κ1) is 22.1. The van der Waals surface area contributed by atoms with Crippen molar-refractivity contribution >= 4 is 5.91 Å². The van der Waals surface area contributed by atoms with E-state index in [1.54, 1.807) is 0 Å². The molecule has 0 aromatic heterocycles. The second kappa shape index (κ2) is 9.64. The highest BCUT2D eigenvalue weighted by atomic mass is 16.6. The fourth-order valence-electron chi connectivity index (χ4n) is 5.30. The molecule has 2 fully saturated rings. The predicted molar refractivity (Wildman–Crippen MR) is 127 cm³/mol. The number of carbonyl (C=O) groups excluding carboxylic acids is 1. The number of aryl methyl sites for hydroxylation is 2. The molecule has 0 saturated carbocycles. The second-order valence-electron chi connectivity index (χ2n) is 9.46. The van der Waals surface area contributed by atoms with Crippen molar-refractivity contribution in [2.75, 3.05) is 39.4 Å². The first-order chi connectivity index (χ1) is 16.1. The minimum absolute atomic E-state index is 0.123. The van der Waals surface area contributed by atoms with Gasteiger partial charge in [-0.2, -0.15) is 0 Å². The van der Waals surface area contributed by atoms with Crippen LogP contribution in [0.1, 0.15) is 48.4 Å². The molecule has 2 saturated heterocycles. The number of fused-ring (bicyclic) bond motifs is 1. The van der Waals surface area contributed by atoms with Crippen molar-refractivity contribution in [3.63, 3.8) is 0 Å². The Labute approximate surface area is 196 Å². The molecule has 33 heavy (non-hydrogen) atoms. The molecule has 176 valence electrons. The van der Waals surface area contributed by atoms with Gasteiger partial charge in [0, 0.05) is 19.6 Å². The zero-order valence-corrected chi connectivity index (χ0v) is 19.7. The summed E-state index contributed by atoms with van der Waals surface area (Å²) >= 11 is 0. The third kappa shape index (κ3) is 4.81. The van der Waals surface area contributed by atoms with Crippen molar-refractivity contribution < 1.29 is 19.0 Å². The van der Waals surface area contributed by atoms with Crippen LogP contribution in [-0.4, -0.2) is 61.2 Å². The average Bonchev–Trinajstić information content (AvgIpc) is 3.33. The van der Waals surface area contributed by atoms with Crippen LogP contribution < -0.4 is 14.2 Å². The molecule has 5 rings (SSSR count). The van der Waals surface area contributed by atoms with Crippen molar-refractivity contribution in [2.45, 2.75) is 51.7 Å². The largest absolute Gasteiger partial charge is 0.490 e. The van der Waals surface area contributed by atoms with Gasteiger partial charge in [-0.05, 0) is 68.4 Å². The van der Waals surface area contributed by atoms with Crippen LogP contribution in [0.15, 0.2) is 36.4 Å². The molecule has 2 aromatic carbocycles. The van der Waals surface area contributed by atoms with E-state index in [1.807, 2.05) is 6.07 Å². The van der Waals surface area contributed by atoms with Crippen LogP contribution in [-0.2, 0) is 4.79 Å². The van der Waals surface area contributed by atoms with E-state index < -0.39 is 0 Å². The maximum Gasteiger partial charge on any atom is 0.237 e. The topological polar surface area (TPSA) is 51.2 Å². The van der Waals surface area contributed by atoms with Gasteiger partial charge in [0.1, 0.15) is 25.1 Å². The molecule has 6 heteroatoms. The van der Waals surface area contributed by atoms with E-state index in [9.17, 15) is 4.79 Å². The zero-order valence-electron chi connectivity index (χ0n) is 19.7. The van der Waals surface area contributed by atoms with E-state index in [0.29, 0.717) is 19.8 Å². The van der Waals surface area contributed by atoms with E-state index in [-0.39, 0.29) is 18.1 Å². The summed E-state index contributed by atoms with van der Waals surface area (Å²) in [6.07, 6.45) is 4.15. The minimum atomic E-state index is 0.123. The van der Waals surface area contributed by atoms with E-state index >= 15 is 0 Å². The highest BCUT2D eigenvalue weighted by Crippen LogP contribution is 2.38. The number of carbonyl (C=O) groups is 1. The average molecular weight is 451 g/mol. The number of ether oxygens (including phenoxy) is 3. The summed E-state index contributed by atoms with van der Waals surface area (Å²) in [7, 11) is 0. The van der Waals surface area contributed by atoms with Gasteiger partial charge in [0.05, 0.1) is 12.6 Å². The van der Waals surface area contributed by atoms with Gasteiger partial charge in [0.15, 0.2) is 11.5 Å². The summed E-state index contributed by atoms with van der Waals surface area (Å²) in [4.78, 5) is 17.6. The molecule has 3 aliphatic heterocycles. The van der Waals surface area contributed by atoms with Crippen molar-refractivity contribution in [1.29, 1.82) is 0 Å². The van der Waals surface area contributed by atoms with Crippen molar-refractivity contribution in [1.82, 2.24) is 9.80 Å². The van der Waals surface area contributed by atoms with E-state index in [0.717, 1.165) is 68.1 Å². The number of piperidine rings is 1. The molecule has 3 heterocycles. The van der Waals surface area contributed by atoms with Crippen LogP contribution in [0.25, 0.3) is 0 Å². The first-order valence-electron chi connectivity index (χ1n) is 12.2. The summed E-state index contributed by atoms with van der Waals surface area (Å²) in [6.45, 7) is 8.46. The van der Waals surface area contributed by atoms with Crippen molar-refractivity contribution in [3.05, 3.63) is 53.1 Å². The molecule has 1 amide bonds. The lowest BCUT2D eigenvalue weighted by molar-refractivity contribution is -0.133. The number of hydrogen-bond acceptors (Lipinski definition) is 5. The standard InChI is InChI=1S/C27H34N2O4/c1-19-5-3-6-20(2)27(19)33-22-10-13-28(14-11-22)18-26(30)29-12-4-7-23(29)21-8-9-24-25(17-21)32-16-15-31-24/h3,5-6,8-9,17,22-23H,4,7,10-16,18H2,1-2H3. The fraction of sp³-hybridized carbons (Fsp3) is 0.519. The molecule has 3 aliphatic rings. The van der Waals surface area contributed by atoms with Gasteiger partial charge in [0.2, 0.25) is 5.91 Å². The maximum atomic E-state index is 13.2. The van der Waals surface area contributed by atoms with Gasteiger partial charge in [0.25, 0.3) is 0 Å². The summed E-state index contributed by atoms with van der Waals surface area (Å²) in [5.41, 5.74) is 3.52. The molecule has 2 aromatic rings. The summed E-state index contributed by atoms with van der Waals surface area (Å²) in [5, 5.41) is 0. The monoisotopic (exact) mass is 450 g/mol. The van der Waals surface area contributed by atoms with Gasteiger partial charge >= 0.3 is 0 Å². The summed E-state index contributed by atoms with van der Waals surface area (Å²) in [6, 6.07) is 12.5. The lowest BCUT2D eigenvalue weighted by Gasteiger charge is -2.34. The predicted octanol–water partition coefficient (Wildman–Crippen LogP) is 4.28. The van der Waals surface area contributed by atoms with Crippen LogP contribution in [0.3, 0.4) is 0 Å². The van der Waals surface area contributed by atoms with Crippen LogP contribution in [0.2, 0.25) is 0 Å². The van der Waals surface area contributed by atoms with E-state index in [4.69, 9.17) is 14.2 Å². The normalized spacial score (nSPS) is 21.3. The molecule has 0 aliphatic carbocycles. The Balaban J connectivity index is 1.16. The van der Waals surface area contributed by atoms with Gasteiger partial charge in [-0.1, -0.05) is 24.3 Å². The number of benzene rings is 2. The molecule has 0 N–H and O–H groups in total. The molecule has 6 nitrogen and oxygen atoms in total. The second-order valence-corrected chi connectivity index (χ2v) is 9.46. The van der Waals surface area contributed by atoms with Gasteiger partial charge in [-0.3, -0.25) is 9.69 Å². The highest BCUT2D eigenvalue weighted by molar-refractivity contribution is 5.79. The quantitative estimate of drug-likeness (QED) is 0.681. The SMILES string of the molecule is Cc1cccc(C)c1OC1CCN(CC(=O)N2CCCC2c2ccc3c(c2)OCCO3)CC1. The molecule has 1 unspecified atom stereocenters. The number of hydrogen-bond donors (Lipinski definition) is 0. The Morgan fingerprint density at radius 3 is 2.45 bits per heavy atom. The van der Waals surface area contributed by atoms with Crippen molar-refractivity contribution in [2.24, 2.45) is 0 Å². The third-order valence-corrected chi connectivity index (χ3v) is 7.11. The van der Waals surface area contributed by atoms with E-state index in [2.05, 4.69) is 54.0 Å². The molecular formula is C27H34N2O4. The zero-order chi connectivity index (χ0) is 22.8. The summed E-state index contributed by atoms with van der Waals surface area (Å²) < 4.78 is 17.8. The lowest BCUT2D eigenvalue weighted by atomic mass is 10.0. The molecule has 1 atom stereocenters. The van der Waals surface area contributed by atoms with Crippen molar-refractivity contribution in [3.8, 4) is 17.2 Å². The maximum absolute atomic E-state index is 13.2. The first-order valence-corrected chi connectivity index (χ1v) is 12.2. The number of amides is 1. The van der Waals surface area contributed by atoms with Gasteiger partial charge in [-0.15, -0.1) is 0 Å². The minimum Gasteiger partial charge on any atom is -0.490 e. The van der Waals surface area contributed by atoms with E-state index in [1.165, 1.54) is 11.1 Å². The number of nitrogens with zero attached hydrogens (tertiary/aromatic N) is 2. The Hall–Kier alpha value is -2.73. The summed E-state index contributed by atoms with van der Waals surface area (Å²) in [5.74, 6) is 2.84. The molecule has 0 spiro atoms. The van der Waals surface area contributed by atoms with Gasteiger partial charge < -0.3 is 19.1 Å². The van der Waals surface area contributed by atoms with Crippen LogP contribution >= 0.6 is 0 Å². The molecule has 0 radical (unpaired) electrons. The third-order valence-electron chi connectivity index (χ3n) is 7.11. The highest BCUT2D eigenvalue weighted by Gasteiger charge is 2.32. The van der Waals surface area contributed by atoms with Crippen LogP contribution in [0.5, 0.6) is 17.2 Å². The number of para-hydroxylation sites is 1. The van der Waals surface area contributed by atoms with Crippen LogP contribution in [0, 0.1) is 13.8 Å². The number of rotatable bonds is 5. The fourth-order valence-corrected chi connectivity index (χ4v) is 5.30. The lowest BCUT2D eigenvalue weighted by Crippen LogP contribution is -2.45. The Morgan fingerprint density at radius 2 is 1.70 bits per heavy atom. The van der Waals surface area contributed by atoms with Crippen LogP contribution in [0.4, 0.5) is 0 Å². The Kier molecular flexibility index (Phi) is 6.45. The molecular weight excluding hydrogens is 416 g/mol. The number of likely N-dealkylation sites (tertiary alicyclic amines) is 2. The Bertz CT molecular complexity index is 979. The van der Waals surface area contributed by atoms with Gasteiger partial charge in [-0.25, -0.2) is 0 Å². The molecule has 0 bridgehead atoms. The smallest absolute Gasteiger partial charge is 0.237 e. The Morgan fingerprint density at radius 1 is 0.970 bits per heavy atom.